The smallest absolute Gasteiger partial charge is 0.318 e. The Morgan fingerprint density at radius 3 is 2.59 bits per heavy atom. The topological polar surface area (TPSA) is 88.6 Å². The Hall–Kier alpha value is -3.10. The fraction of sp³-hybridized carbons (Fsp3) is 0.217. The van der Waals surface area contributed by atoms with Gasteiger partial charge < -0.3 is 15.0 Å². The minimum atomic E-state index is -3.49. The molecule has 0 aliphatic carbocycles. The van der Waals surface area contributed by atoms with Gasteiger partial charge in [-0.15, -0.1) is 0 Å². The summed E-state index contributed by atoms with van der Waals surface area (Å²) in [5.41, 5.74) is 1.43. The monoisotopic (exact) mass is 471 g/mol. The molecule has 2 aromatic carbocycles. The average molecular weight is 472 g/mol. The third-order valence-corrected chi connectivity index (χ3v) is 7.02. The lowest BCUT2D eigenvalue weighted by atomic mass is 10.1. The summed E-state index contributed by atoms with van der Waals surface area (Å²) < 4.78 is 31.1. The number of pyridine rings is 1. The van der Waals surface area contributed by atoms with E-state index in [0.717, 1.165) is 5.56 Å². The highest BCUT2D eigenvalue weighted by Crippen LogP contribution is 2.33. The van der Waals surface area contributed by atoms with Crippen LogP contribution in [0.25, 0.3) is 0 Å². The van der Waals surface area contributed by atoms with E-state index in [2.05, 4.69) is 10.3 Å². The third kappa shape index (κ3) is 5.03. The van der Waals surface area contributed by atoms with Crippen LogP contribution in [0.4, 0.5) is 4.79 Å². The van der Waals surface area contributed by atoms with Crippen LogP contribution in [0.5, 0.6) is 11.5 Å². The Morgan fingerprint density at radius 2 is 1.91 bits per heavy atom. The van der Waals surface area contributed by atoms with E-state index in [9.17, 15) is 13.2 Å². The summed E-state index contributed by atoms with van der Waals surface area (Å²) in [5, 5.41) is 2.47. The molecule has 1 N–H and O–H groups in total. The van der Waals surface area contributed by atoms with Crippen LogP contribution < -0.4 is 10.1 Å². The van der Waals surface area contributed by atoms with E-state index in [-0.39, 0.29) is 18.6 Å². The molecular formula is C23H22ClN3O4S. The van der Waals surface area contributed by atoms with Crippen molar-refractivity contribution in [1.82, 2.24) is 15.2 Å². The lowest BCUT2D eigenvalue weighted by Crippen LogP contribution is -2.36. The summed E-state index contributed by atoms with van der Waals surface area (Å²) in [6.07, 6.45) is 4.45. The molecule has 2 heterocycles. The van der Waals surface area contributed by atoms with Gasteiger partial charge in [0.15, 0.2) is 9.84 Å². The molecule has 1 aliphatic heterocycles. The van der Waals surface area contributed by atoms with Crippen molar-refractivity contribution in [2.24, 2.45) is 0 Å². The number of rotatable bonds is 7. The number of nitrogens with zero attached hydrogens (tertiary/aromatic N) is 2. The summed E-state index contributed by atoms with van der Waals surface area (Å²) in [7, 11) is -3.49. The first-order valence-corrected chi connectivity index (χ1v) is 12.3. The molecule has 1 aromatic heterocycles. The highest BCUT2D eigenvalue weighted by molar-refractivity contribution is 7.91. The minimum Gasteiger partial charge on any atom is -0.456 e. The molecule has 9 heteroatoms. The van der Waals surface area contributed by atoms with Gasteiger partial charge in [0.05, 0.1) is 12.2 Å². The molecule has 0 spiro atoms. The highest BCUT2D eigenvalue weighted by Gasteiger charge is 2.36. The van der Waals surface area contributed by atoms with Crippen molar-refractivity contribution in [3.63, 3.8) is 0 Å². The lowest BCUT2D eigenvalue weighted by molar-refractivity contribution is 0.204. The molecule has 1 saturated heterocycles. The van der Waals surface area contributed by atoms with Crippen molar-refractivity contribution in [3.8, 4) is 11.5 Å². The normalized spacial score (nSPS) is 17.1. The van der Waals surface area contributed by atoms with Crippen LogP contribution in [0.1, 0.15) is 22.4 Å². The number of aromatic nitrogens is 1. The molecule has 2 amide bonds. The van der Waals surface area contributed by atoms with Crippen LogP contribution in [-0.2, 0) is 9.84 Å². The van der Waals surface area contributed by atoms with Crippen molar-refractivity contribution < 1.29 is 17.9 Å². The largest absolute Gasteiger partial charge is 0.456 e. The zero-order valence-corrected chi connectivity index (χ0v) is 18.9. The maximum atomic E-state index is 12.6. The van der Waals surface area contributed by atoms with Crippen LogP contribution in [0, 0.1) is 0 Å². The maximum absolute atomic E-state index is 12.6. The number of nitrogens with one attached hydrogen (secondary N) is 1. The fourth-order valence-corrected chi connectivity index (χ4v) is 4.93. The molecule has 166 valence electrons. The van der Waals surface area contributed by atoms with Crippen LogP contribution in [0.2, 0.25) is 5.02 Å². The van der Waals surface area contributed by atoms with Gasteiger partial charge in [-0.3, -0.25) is 4.98 Å². The molecule has 32 heavy (non-hydrogen) atoms. The number of sulfone groups is 1. The number of benzene rings is 2. The number of urea groups is 1. The van der Waals surface area contributed by atoms with E-state index in [1.165, 1.54) is 6.26 Å². The summed E-state index contributed by atoms with van der Waals surface area (Å²) in [4.78, 5) is 18.2. The van der Waals surface area contributed by atoms with E-state index in [4.69, 9.17) is 16.3 Å². The quantitative estimate of drug-likeness (QED) is 0.552. The van der Waals surface area contributed by atoms with Gasteiger partial charge in [0, 0.05) is 30.6 Å². The first-order chi connectivity index (χ1) is 15.3. The standard InChI is InChI=1S/C23H22ClN3O4S/c1-32(29,30)22(16-7-9-18(24)10-8-16)15-27-21(14-26-23(27)28)17-4-2-5-19(12-17)31-20-6-3-11-25-13-20/h2-13,21-22H,14-15H2,1H3,(H,26,28). The summed E-state index contributed by atoms with van der Waals surface area (Å²) in [6.45, 7) is 0.386. The Bertz CT molecular complexity index is 1200. The molecule has 2 atom stereocenters. The van der Waals surface area contributed by atoms with Gasteiger partial charge in [0.25, 0.3) is 0 Å². The van der Waals surface area contributed by atoms with E-state index >= 15 is 0 Å². The second-order valence-electron chi connectivity index (χ2n) is 7.59. The number of ether oxygens (including phenoxy) is 1. The molecule has 4 rings (SSSR count). The Labute approximate surface area is 191 Å². The molecule has 1 fully saturated rings. The van der Waals surface area contributed by atoms with E-state index < -0.39 is 15.1 Å². The summed E-state index contributed by atoms with van der Waals surface area (Å²) in [6, 6.07) is 17.0. The predicted molar refractivity (Wildman–Crippen MR) is 123 cm³/mol. The molecule has 0 bridgehead atoms. The number of hydrogen-bond acceptors (Lipinski definition) is 5. The van der Waals surface area contributed by atoms with Crippen LogP contribution in [0.15, 0.2) is 73.1 Å². The van der Waals surface area contributed by atoms with Gasteiger partial charge in [0.2, 0.25) is 0 Å². The second-order valence-corrected chi connectivity index (χ2v) is 10.3. The van der Waals surface area contributed by atoms with Crippen molar-refractivity contribution >= 4 is 27.5 Å². The molecule has 7 nitrogen and oxygen atoms in total. The Balaban J connectivity index is 1.60. The van der Waals surface area contributed by atoms with E-state index in [1.807, 2.05) is 24.3 Å². The van der Waals surface area contributed by atoms with Crippen LogP contribution in [-0.4, -0.2) is 43.7 Å². The van der Waals surface area contributed by atoms with Gasteiger partial charge in [-0.2, -0.15) is 0 Å². The van der Waals surface area contributed by atoms with Crippen LogP contribution in [0.3, 0.4) is 0 Å². The molecule has 3 aromatic rings. The van der Waals surface area contributed by atoms with E-state index in [1.54, 1.807) is 53.7 Å². The Kier molecular flexibility index (Phi) is 6.34. The maximum Gasteiger partial charge on any atom is 0.318 e. The molecular weight excluding hydrogens is 450 g/mol. The third-order valence-electron chi connectivity index (χ3n) is 5.32. The van der Waals surface area contributed by atoms with Gasteiger partial charge in [0.1, 0.15) is 16.7 Å². The number of amides is 2. The van der Waals surface area contributed by atoms with Gasteiger partial charge in [-0.25, -0.2) is 13.2 Å². The zero-order valence-electron chi connectivity index (χ0n) is 17.3. The summed E-state index contributed by atoms with van der Waals surface area (Å²) in [5.74, 6) is 1.20. The average Bonchev–Trinajstić information content (AvgIpc) is 3.13. The molecule has 2 unspecified atom stereocenters. The Morgan fingerprint density at radius 1 is 1.16 bits per heavy atom. The minimum absolute atomic E-state index is 0.0185. The van der Waals surface area contributed by atoms with Gasteiger partial charge >= 0.3 is 6.03 Å². The fourth-order valence-electron chi connectivity index (χ4n) is 3.72. The number of carbonyl (C=O) groups excluding carboxylic acids is 1. The van der Waals surface area contributed by atoms with Crippen molar-refractivity contribution in [2.75, 3.05) is 19.3 Å². The number of halogens is 1. The molecule has 0 radical (unpaired) electrons. The molecule has 0 saturated carbocycles. The van der Waals surface area contributed by atoms with Crippen molar-refractivity contribution in [1.29, 1.82) is 0 Å². The van der Waals surface area contributed by atoms with Gasteiger partial charge in [-0.1, -0.05) is 35.9 Å². The zero-order chi connectivity index (χ0) is 22.7. The highest BCUT2D eigenvalue weighted by atomic mass is 35.5. The van der Waals surface area contributed by atoms with Crippen LogP contribution >= 0.6 is 11.6 Å². The first-order valence-electron chi connectivity index (χ1n) is 9.98. The number of carbonyl (C=O) groups is 1. The second kappa shape index (κ2) is 9.18. The van der Waals surface area contributed by atoms with Crippen molar-refractivity contribution in [3.05, 3.63) is 89.2 Å². The first kappa shape index (κ1) is 22.1. The lowest BCUT2D eigenvalue weighted by Gasteiger charge is -2.28. The van der Waals surface area contributed by atoms with E-state index in [0.29, 0.717) is 28.6 Å². The number of hydrogen-bond donors (Lipinski definition) is 1. The molecule has 1 aliphatic rings. The predicted octanol–water partition coefficient (Wildman–Crippen LogP) is 4.38. The van der Waals surface area contributed by atoms with Gasteiger partial charge in [-0.05, 0) is 47.5 Å². The van der Waals surface area contributed by atoms with Crippen molar-refractivity contribution in [2.45, 2.75) is 11.3 Å². The summed E-state index contributed by atoms with van der Waals surface area (Å²) >= 11 is 5.96. The SMILES string of the molecule is CS(=O)(=O)C(CN1C(=O)NCC1c1cccc(Oc2cccnc2)c1)c1ccc(Cl)cc1.